The minimum atomic E-state index is 0.269. The van der Waals surface area contributed by atoms with E-state index in [0.717, 1.165) is 32.5 Å². The molecule has 1 unspecified atom stereocenters. The summed E-state index contributed by atoms with van der Waals surface area (Å²) in [6, 6.07) is 2.44. The summed E-state index contributed by atoms with van der Waals surface area (Å²) in [5, 5.41) is 5.37. The SMILES string of the molecule is CC1c2ccsc2CCN1C(=O)CC1CNC1. The summed E-state index contributed by atoms with van der Waals surface area (Å²) in [5.41, 5.74) is 1.36. The average molecular weight is 250 g/mol. The van der Waals surface area contributed by atoms with Crippen molar-refractivity contribution in [1.29, 1.82) is 0 Å². The maximum Gasteiger partial charge on any atom is 0.223 e. The van der Waals surface area contributed by atoms with Crippen LogP contribution in [0.2, 0.25) is 0 Å². The molecule has 0 saturated carbocycles. The Morgan fingerprint density at radius 1 is 1.59 bits per heavy atom. The van der Waals surface area contributed by atoms with Crippen molar-refractivity contribution in [2.45, 2.75) is 25.8 Å². The number of nitrogens with zero attached hydrogens (tertiary/aromatic N) is 1. The highest BCUT2D eigenvalue weighted by Gasteiger charge is 2.30. The van der Waals surface area contributed by atoms with Crippen molar-refractivity contribution in [3.63, 3.8) is 0 Å². The predicted octanol–water partition coefficient (Wildman–Crippen LogP) is 1.80. The van der Waals surface area contributed by atoms with E-state index in [0.29, 0.717) is 11.8 Å². The fraction of sp³-hybridized carbons (Fsp3) is 0.615. The molecule has 1 amide bonds. The van der Waals surface area contributed by atoms with E-state index in [9.17, 15) is 4.79 Å². The maximum absolute atomic E-state index is 12.2. The van der Waals surface area contributed by atoms with Gasteiger partial charge in [-0.3, -0.25) is 4.79 Å². The third-order valence-corrected chi connectivity index (χ3v) is 4.92. The summed E-state index contributed by atoms with van der Waals surface area (Å²) in [4.78, 5) is 15.8. The number of rotatable bonds is 2. The lowest BCUT2D eigenvalue weighted by Gasteiger charge is -2.36. The van der Waals surface area contributed by atoms with Gasteiger partial charge in [0.25, 0.3) is 0 Å². The van der Waals surface area contributed by atoms with Gasteiger partial charge in [-0.05, 0) is 49.4 Å². The van der Waals surface area contributed by atoms with E-state index in [2.05, 4.69) is 28.6 Å². The lowest BCUT2D eigenvalue weighted by Crippen LogP contribution is -2.46. The van der Waals surface area contributed by atoms with Crippen LogP contribution in [0.25, 0.3) is 0 Å². The zero-order valence-corrected chi connectivity index (χ0v) is 10.9. The minimum absolute atomic E-state index is 0.269. The van der Waals surface area contributed by atoms with Crippen LogP contribution in [0.15, 0.2) is 11.4 Å². The van der Waals surface area contributed by atoms with Gasteiger partial charge in [-0.2, -0.15) is 0 Å². The predicted molar refractivity (Wildman–Crippen MR) is 69.1 cm³/mol. The molecule has 2 aliphatic heterocycles. The van der Waals surface area contributed by atoms with Gasteiger partial charge in [-0.1, -0.05) is 0 Å². The van der Waals surface area contributed by atoms with Crippen LogP contribution in [0, 0.1) is 5.92 Å². The molecule has 1 aromatic rings. The summed E-state index contributed by atoms with van der Waals surface area (Å²) in [6.45, 7) is 5.07. The monoisotopic (exact) mass is 250 g/mol. The van der Waals surface area contributed by atoms with Gasteiger partial charge in [0, 0.05) is 17.8 Å². The number of fused-ring (bicyclic) bond motifs is 1. The second-order valence-corrected chi connectivity index (χ2v) is 6.04. The van der Waals surface area contributed by atoms with Gasteiger partial charge >= 0.3 is 0 Å². The highest BCUT2D eigenvalue weighted by Crippen LogP contribution is 2.33. The van der Waals surface area contributed by atoms with Gasteiger partial charge < -0.3 is 10.2 Å². The summed E-state index contributed by atoms with van der Waals surface area (Å²) in [6.07, 6.45) is 1.75. The highest BCUT2D eigenvalue weighted by atomic mass is 32.1. The number of thiophene rings is 1. The molecule has 0 spiro atoms. The molecule has 0 radical (unpaired) electrons. The number of carbonyl (C=O) groups excluding carboxylic acids is 1. The molecule has 2 aliphatic rings. The van der Waals surface area contributed by atoms with Crippen LogP contribution in [-0.4, -0.2) is 30.4 Å². The van der Waals surface area contributed by atoms with E-state index in [1.54, 1.807) is 0 Å². The largest absolute Gasteiger partial charge is 0.336 e. The average Bonchev–Trinajstić information content (AvgIpc) is 2.72. The molecule has 4 heteroatoms. The molecule has 3 heterocycles. The Bertz CT molecular complexity index is 425. The second kappa shape index (κ2) is 4.42. The Labute approximate surface area is 106 Å². The third kappa shape index (κ3) is 2.00. The van der Waals surface area contributed by atoms with Gasteiger partial charge in [0.1, 0.15) is 0 Å². The standard InChI is InChI=1S/C13H18N2OS/c1-9-11-3-5-17-12(11)2-4-15(9)13(16)6-10-7-14-8-10/h3,5,9-10,14H,2,4,6-8H2,1H3. The van der Waals surface area contributed by atoms with Crippen molar-refractivity contribution in [3.05, 3.63) is 21.9 Å². The smallest absolute Gasteiger partial charge is 0.223 e. The molecule has 0 aliphatic carbocycles. The summed E-state index contributed by atoms with van der Waals surface area (Å²) >= 11 is 1.82. The molecule has 92 valence electrons. The Morgan fingerprint density at radius 2 is 2.41 bits per heavy atom. The van der Waals surface area contributed by atoms with E-state index in [1.165, 1.54) is 10.4 Å². The molecular weight excluding hydrogens is 232 g/mol. The minimum Gasteiger partial charge on any atom is -0.336 e. The van der Waals surface area contributed by atoms with Crippen molar-refractivity contribution >= 4 is 17.2 Å². The zero-order valence-electron chi connectivity index (χ0n) is 10.1. The molecule has 1 aromatic heterocycles. The Morgan fingerprint density at radius 3 is 3.12 bits per heavy atom. The molecule has 1 fully saturated rings. The molecule has 1 N–H and O–H groups in total. The first kappa shape index (κ1) is 11.2. The summed E-state index contributed by atoms with van der Waals surface area (Å²) in [5.74, 6) is 0.902. The molecule has 3 nitrogen and oxygen atoms in total. The van der Waals surface area contributed by atoms with E-state index in [-0.39, 0.29) is 6.04 Å². The first-order chi connectivity index (χ1) is 8.25. The molecular formula is C13H18N2OS. The highest BCUT2D eigenvalue weighted by molar-refractivity contribution is 7.10. The van der Waals surface area contributed by atoms with Gasteiger partial charge in [-0.15, -0.1) is 11.3 Å². The first-order valence-corrected chi connectivity index (χ1v) is 7.20. The van der Waals surface area contributed by atoms with E-state index in [1.807, 2.05) is 11.3 Å². The fourth-order valence-corrected chi connectivity index (χ4v) is 3.67. The lowest BCUT2D eigenvalue weighted by atomic mass is 9.96. The lowest BCUT2D eigenvalue weighted by molar-refractivity contribution is -0.135. The van der Waals surface area contributed by atoms with Crippen molar-refractivity contribution < 1.29 is 4.79 Å². The molecule has 3 rings (SSSR count). The molecule has 0 aromatic carbocycles. The molecule has 17 heavy (non-hydrogen) atoms. The topological polar surface area (TPSA) is 32.3 Å². The quantitative estimate of drug-likeness (QED) is 0.868. The van der Waals surface area contributed by atoms with Crippen molar-refractivity contribution in [2.75, 3.05) is 19.6 Å². The zero-order chi connectivity index (χ0) is 11.8. The molecule has 0 bridgehead atoms. The van der Waals surface area contributed by atoms with Crippen LogP contribution in [0.3, 0.4) is 0 Å². The number of nitrogens with one attached hydrogen (secondary N) is 1. The molecule has 1 atom stereocenters. The van der Waals surface area contributed by atoms with Crippen LogP contribution < -0.4 is 5.32 Å². The van der Waals surface area contributed by atoms with Crippen molar-refractivity contribution in [3.8, 4) is 0 Å². The van der Waals surface area contributed by atoms with Gasteiger partial charge in [-0.25, -0.2) is 0 Å². The Balaban J connectivity index is 1.70. The first-order valence-electron chi connectivity index (χ1n) is 6.32. The second-order valence-electron chi connectivity index (χ2n) is 5.04. The number of hydrogen-bond acceptors (Lipinski definition) is 3. The Hall–Kier alpha value is -0.870. The van der Waals surface area contributed by atoms with Crippen molar-refractivity contribution in [1.82, 2.24) is 10.2 Å². The summed E-state index contributed by atoms with van der Waals surface area (Å²) < 4.78 is 0. The molecule has 1 saturated heterocycles. The number of amides is 1. The normalized spacial score (nSPS) is 24.3. The number of carbonyl (C=O) groups is 1. The van der Waals surface area contributed by atoms with Crippen LogP contribution in [0.1, 0.15) is 29.8 Å². The maximum atomic E-state index is 12.2. The van der Waals surface area contributed by atoms with Crippen LogP contribution in [0.5, 0.6) is 0 Å². The van der Waals surface area contributed by atoms with E-state index in [4.69, 9.17) is 0 Å². The van der Waals surface area contributed by atoms with Crippen LogP contribution in [-0.2, 0) is 11.2 Å². The van der Waals surface area contributed by atoms with E-state index < -0.39 is 0 Å². The van der Waals surface area contributed by atoms with Gasteiger partial charge in [0.05, 0.1) is 6.04 Å². The summed E-state index contributed by atoms with van der Waals surface area (Å²) in [7, 11) is 0. The third-order valence-electron chi connectivity index (χ3n) is 3.93. The van der Waals surface area contributed by atoms with Gasteiger partial charge in [0.15, 0.2) is 0 Å². The number of hydrogen-bond donors (Lipinski definition) is 1. The van der Waals surface area contributed by atoms with Crippen molar-refractivity contribution in [2.24, 2.45) is 5.92 Å². The fourth-order valence-electron chi connectivity index (χ4n) is 2.71. The van der Waals surface area contributed by atoms with Gasteiger partial charge in [0.2, 0.25) is 5.91 Å². The Kier molecular flexibility index (Phi) is 2.92. The van der Waals surface area contributed by atoms with Crippen LogP contribution in [0.4, 0.5) is 0 Å². The van der Waals surface area contributed by atoms with E-state index >= 15 is 0 Å². The van der Waals surface area contributed by atoms with Crippen LogP contribution >= 0.6 is 11.3 Å².